The second kappa shape index (κ2) is 7.40. The van der Waals surface area contributed by atoms with Crippen LogP contribution in [0.4, 0.5) is 5.82 Å². The summed E-state index contributed by atoms with van der Waals surface area (Å²) >= 11 is 5.30. The quantitative estimate of drug-likeness (QED) is 0.687. The molecule has 0 unspecified atom stereocenters. The summed E-state index contributed by atoms with van der Waals surface area (Å²) in [6, 6.07) is 11.8. The standard InChI is InChI=1S/C18H19N5OS/c1-12-5-7-14(8-6-12)17-21-22-18(25)23(17)11-9-15(24)20-16-13(2)4-3-10-19-16/h3-8,10H,9,11H2,1-2H3,(H,22,25)(H,19,20,24). The van der Waals surface area contributed by atoms with E-state index in [1.807, 2.05) is 54.8 Å². The van der Waals surface area contributed by atoms with E-state index < -0.39 is 0 Å². The number of H-pyrrole nitrogens is 1. The Kier molecular flexibility index (Phi) is 5.04. The molecule has 7 heteroatoms. The molecule has 0 bridgehead atoms. The van der Waals surface area contributed by atoms with E-state index in [9.17, 15) is 4.79 Å². The second-order valence-electron chi connectivity index (χ2n) is 5.84. The van der Waals surface area contributed by atoms with Gasteiger partial charge < -0.3 is 5.32 Å². The van der Waals surface area contributed by atoms with Gasteiger partial charge in [0, 0.05) is 24.7 Å². The van der Waals surface area contributed by atoms with E-state index >= 15 is 0 Å². The zero-order chi connectivity index (χ0) is 17.8. The Morgan fingerprint density at radius 1 is 1.24 bits per heavy atom. The highest BCUT2D eigenvalue weighted by Crippen LogP contribution is 2.18. The number of anilines is 1. The summed E-state index contributed by atoms with van der Waals surface area (Å²) in [4.78, 5) is 16.4. The molecular weight excluding hydrogens is 334 g/mol. The zero-order valence-electron chi connectivity index (χ0n) is 14.1. The summed E-state index contributed by atoms with van der Waals surface area (Å²) in [5, 5.41) is 9.93. The van der Waals surface area contributed by atoms with E-state index in [2.05, 4.69) is 20.5 Å². The van der Waals surface area contributed by atoms with Gasteiger partial charge in [0.25, 0.3) is 0 Å². The molecule has 0 spiro atoms. The predicted octanol–water partition coefficient (Wildman–Crippen LogP) is 3.65. The monoisotopic (exact) mass is 353 g/mol. The lowest BCUT2D eigenvalue weighted by Gasteiger charge is -2.09. The van der Waals surface area contributed by atoms with Crippen LogP contribution in [0.25, 0.3) is 11.4 Å². The van der Waals surface area contributed by atoms with Crippen LogP contribution in [-0.4, -0.2) is 25.7 Å². The lowest BCUT2D eigenvalue weighted by Crippen LogP contribution is -2.16. The largest absolute Gasteiger partial charge is 0.310 e. The Morgan fingerprint density at radius 3 is 2.72 bits per heavy atom. The van der Waals surface area contributed by atoms with Gasteiger partial charge in [-0.3, -0.25) is 14.5 Å². The molecule has 0 saturated carbocycles. The van der Waals surface area contributed by atoms with Crippen LogP contribution in [0.2, 0.25) is 0 Å². The lowest BCUT2D eigenvalue weighted by atomic mass is 10.1. The van der Waals surface area contributed by atoms with Crippen LogP contribution >= 0.6 is 12.2 Å². The molecule has 1 aromatic carbocycles. The summed E-state index contributed by atoms with van der Waals surface area (Å²) in [5.74, 6) is 1.20. The Hall–Kier alpha value is -2.80. The van der Waals surface area contributed by atoms with Crippen molar-refractivity contribution in [1.29, 1.82) is 0 Å². The van der Waals surface area contributed by atoms with E-state index in [0.29, 0.717) is 17.1 Å². The maximum atomic E-state index is 12.2. The van der Waals surface area contributed by atoms with E-state index in [1.54, 1.807) is 6.20 Å². The Morgan fingerprint density at radius 2 is 2.00 bits per heavy atom. The first kappa shape index (κ1) is 17.0. The predicted molar refractivity (Wildman–Crippen MR) is 99.8 cm³/mol. The molecule has 2 heterocycles. The molecule has 2 N–H and O–H groups in total. The minimum Gasteiger partial charge on any atom is -0.310 e. The van der Waals surface area contributed by atoms with Crippen molar-refractivity contribution in [2.24, 2.45) is 0 Å². The number of pyridine rings is 1. The van der Waals surface area contributed by atoms with Crippen molar-refractivity contribution in [2.45, 2.75) is 26.8 Å². The molecule has 0 aliphatic carbocycles. The van der Waals surface area contributed by atoms with Gasteiger partial charge in [0.05, 0.1) is 0 Å². The number of nitrogens with zero attached hydrogens (tertiary/aromatic N) is 3. The molecule has 0 radical (unpaired) electrons. The topological polar surface area (TPSA) is 75.6 Å². The Bertz CT molecular complexity index is 943. The second-order valence-corrected chi connectivity index (χ2v) is 6.22. The van der Waals surface area contributed by atoms with Gasteiger partial charge in [-0.05, 0) is 37.7 Å². The van der Waals surface area contributed by atoms with Crippen molar-refractivity contribution >= 4 is 23.9 Å². The van der Waals surface area contributed by atoms with Gasteiger partial charge in [0.2, 0.25) is 5.91 Å². The molecule has 0 aliphatic rings. The smallest absolute Gasteiger partial charge is 0.227 e. The molecular formula is C18H19N5OS. The van der Waals surface area contributed by atoms with E-state index in [0.717, 1.165) is 17.0 Å². The highest BCUT2D eigenvalue weighted by molar-refractivity contribution is 7.71. The van der Waals surface area contributed by atoms with E-state index in [1.165, 1.54) is 5.56 Å². The van der Waals surface area contributed by atoms with Crippen LogP contribution in [0.1, 0.15) is 17.5 Å². The number of rotatable bonds is 5. The van der Waals surface area contributed by atoms with Gasteiger partial charge in [-0.2, -0.15) is 5.10 Å². The minimum atomic E-state index is -0.111. The van der Waals surface area contributed by atoms with Crippen molar-refractivity contribution in [3.05, 3.63) is 58.5 Å². The van der Waals surface area contributed by atoms with Crippen LogP contribution in [0.15, 0.2) is 42.6 Å². The highest BCUT2D eigenvalue weighted by atomic mass is 32.1. The van der Waals surface area contributed by atoms with Gasteiger partial charge in [-0.15, -0.1) is 0 Å². The van der Waals surface area contributed by atoms with Gasteiger partial charge in [-0.1, -0.05) is 35.9 Å². The fraction of sp³-hybridized carbons (Fsp3) is 0.222. The number of hydrogen-bond donors (Lipinski definition) is 2. The number of carbonyl (C=O) groups excluding carboxylic acids is 1. The first-order valence-electron chi connectivity index (χ1n) is 7.98. The van der Waals surface area contributed by atoms with Crippen LogP contribution in [0, 0.1) is 18.6 Å². The molecule has 3 aromatic rings. The van der Waals surface area contributed by atoms with Gasteiger partial charge in [0.1, 0.15) is 5.82 Å². The van der Waals surface area contributed by atoms with Crippen molar-refractivity contribution in [3.8, 4) is 11.4 Å². The summed E-state index contributed by atoms with van der Waals surface area (Å²) in [5.41, 5.74) is 3.06. The highest BCUT2D eigenvalue weighted by Gasteiger charge is 2.11. The number of aromatic amines is 1. The number of aromatic nitrogens is 4. The number of hydrogen-bond acceptors (Lipinski definition) is 4. The van der Waals surface area contributed by atoms with Crippen molar-refractivity contribution in [3.63, 3.8) is 0 Å². The van der Waals surface area contributed by atoms with Crippen LogP contribution in [0.5, 0.6) is 0 Å². The number of amides is 1. The number of nitrogens with one attached hydrogen (secondary N) is 2. The number of carbonyl (C=O) groups is 1. The summed E-state index contributed by atoms with van der Waals surface area (Å²) < 4.78 is 2.34. The first-order valence-corrected chi connectivity index (χ1v) is 8.39. The Labute approximate surface area is 150 Å². The average molecular weight is 353 g/mol. The molecule has 0 fully saturated rings. The third kappa shape index (κ3) is 4.00. The van der Waals surface area contributed by atoms with Crippen molar-refractivity contribution in [1.82, 2.24) is 19.7 Å². The third-order valence-corrected chi connectivity index (χ3v) is 4.21. The Balaban J connectivity index is 1.72. The molecule has 1 amide bonds. The molecule has 3 rings (SSSR count). The number of benzene rings is 1. The van der Waals surface area contributed by atoms with Gasteiger partial charge in [0.15, 0.2) is 10.6 Å². The fourth-order valence-corrected chi connectivity index (χ4v) is 2.70. The maximum absolute atomic E-state index is 12.2. The van der Waals surface area contributed by atoms with E-state index in [-0.39, 0.29) is 12.3 Å². The maximum Gasteiger partial charge on any atom is 0.227 e. The summed E-state index contributed by atoms with van der Waals surface area (Å²) in [6.45, 7) is 4.38. The molecule has 6 nitrogen and oxygen atoms in total. The van der Waals surface area contributed by atoms with Crippen LogP contribution < -0.4 is 5.32 Å². The summed E-state index contributed by atoms with van der Waals surface area (Å²) in [6.07, 6.45) is 1.94. The van der Waals surface area contributed by atoms with E-state index in [4.69, 9.17) is 12.2 Å². The molecule has 0 aliphatic heterocycles. The molecule has 0 atom stereocenters. The van der Waals surface area contributed by atoms with Crippen molar-refractivity contribution < 1.29 is 4.79 Å². The molecule has 2 aromatic heterocycles. The van der Waals surface area contributed by atoms with Crippen molar-refractivity contribution in [2.75, 3.05) is 5.32 Å². The van der Waals surface area contributed by atoms with Gasteiger partial charge >= 0.3 is 0 Å². The number of aryl methyl sites for hydroxylation is 2. The summed E-state index contributed by atoms with van der Waals surface area (Å²) in [7, 11) is 0. The molecule has 25 heavy (non-hydrogen) atoms. The normalized spacial score (nSPS) is 10.6. The lowest BCUT2D eigenvalue weighted by molar-refractivity contribution is -0.116. The average Bonchev–Trinajstić information content (AvgIpc) is 2.96. The van der Waals surface area contributed by atoms with Crippen LogP contribution in [-0.2, 0) is 11.3 Å². The third-order valence-electron chi connectivity index (χ3n) is 3.90. The SMILES string of the molecule is Cc1ccc(-c2n[nH]c(=S)n2CCC(=O)Nc2ncccc2C)cc1. The first-order chi connectivity index (χ1) is 12.0. The molecule has 128 valence electrons. The fourth-order valence-electron chi connectivity index (χ4n) is 2.47. The van der Waals surface area contributed by atoms with Crippen LogP contribution in [0.3, 0.4) is 0 Å². The van der Waals surface area contributed by atoms with Gasteiger partial charge in [-0.25, -0.2) is 4.98 Å². The molecule has 0 saturated heterocycles. The minimum absolute atomic E-state index is 0.111. The zero-order valence-corrected chi connectivity index (χ0v) is 14.9.